The molecule has 1 heteroatoms. The van der Waals surface area contributed by atoms with Crippen molar-refractivity contribution in [3.8, 4) is 0 Å². The first-order valence-electron chi connectivity index (χ1n) is 4.19. The monoisotopic (exact) mass is 142 g/mol. The fourth-order valence-electron chi connectivity index (χ4n) is 1.49. The first-order valence-corrected chi connectivity index (χ1v) is 4.19. The van der Waals surface area contributed by atoms with Gasteiger partial charge in [0.25, 0.3) is 0 Å². The third-order valence-corrected chi connectivity index (χ3v) is 1.86. The second-order valence-corrected chi connectivity index (χ2v) is 4.40. The predicted molar refractivity (Wildman–Crippen MR) is 43.0 cm³/mol. The van der Waals surface area contributed by atoms with Crippen LogP contribution in [0.15, 0.2) is 0 Å². The number of hydrogen-bond acceptors (Lipinski definition) is 1. The highest BCUT2D eigenvalue weighted by Gasteiger charge is 2.21. The van der Waals surface area contributed by atoms with E-state index in [1.54, 1.807) is 0 Å². The molecule has 0 amide bonds. The molecule has 0 bridgehead atoms. The lowest BCUT2D eigenvalue weighted by atomic mass is 9.88. The Morgan fingerprint density at radius 1 is 1.40 bits per heavy atom. The molecule has 0 N–H and O–H groups in total. The van der Waals surface area contributed by atoms with E-state index in [2.05, 4.69) is 20.8 Å². The molecule has 0 aromatic carbocycles. The van der Waals surface area contributed by atoms with Gasteiger partial charge < -0.3 is 4.74 Å². The molecule has 1 fully saturated rings. The lowest BCUT2D eigenvalue weighted by Crippen LogP contribution is -2.16. The molecule has 1 saturated heterocycles. The summed E-state index contributed by atoms with van der Waals surface area (Å²) < 4.78 is 5.53. The number of ether oxygens (including phenoxy) is 1. The molecule has 0 spiro atoms. The molecule has 1 aliphatic heterocycles. The molecule has 1 nitrogen and oxygen atoms in total. The summed E-state index contributed by atoms with van der Waals surface area (Å²) in [5.74, 6) is 0. The lowest BCUT2D eigenvalue weighted by molar-refractivity contribution is 0.0763. The molecule has 0 aliphatic carbocycles. The molecule has 1 aliphatic rings. The van der Waals surface area contributed by atoms with Crippen molar-refractivity contribution < 1.29 is 4.74 Å². The summed E-state index contributed by atoms with van der Waals surface area (Å²) in [5.41, 5.74) is 0.439. The number of hydrogen-bond donors (Lipinski definition) is 0. The maximum atomic E-state index is 5.53. The van der Waals surface area contributed by atoms with Gasteiger partial charge in [0.15, 0.2) is 0 Å². The van der Waals surface area contributed by atoms with Crippen LogP contribution >= 0.6 is 0 Å². The van der Waals surface area contributed by atoms with E-state index < -0.39 is 0 Å². The molecule has 60 valence electrons. The minimum absolute atomic E-state index is 0.439. The van der Waals surface area contributed by atoms with E-state index in [0.29, 0.717) is 11.5 Å². The van der Waals surface area contributed by atoms with Crippen LogP contribution in [0.4, 0.5) is 0 Å². The van der Waals surface area contributed by atoms with Crippen LogP contribution in [0, 0.1) is 5.41 Å². The zero-order valence-electron chi connectivity index (χ0n) is 7.31. The molecule has 1 heterocycles. The van der Waals surface area contributed by atoms with E-state index in [-0.39, 0.29) is 0 Å². The van der Waals surface area contributed by atoms with Crippen LogP contribution in [0.2, 0.25) is 0 Å². The summed E-state index contributed by atoms with van der Waals surface area (Å²) in [4.78, 5) is 0. The summed E-state index contributed by atoms with van der Waals surface area (Å²) >= 11 is 0. The second-order valence-electron chi connectivity index (χ2n) is 4.40. The summed E-state index contributed by atoms with van der Waals surface area (Å²) in [7, 11) is 0. The van der Waals surface area contributed by atoms with Gasteiger partial charge in [0.2, 0.25) is 0 Å². The van der Waals surface area contributed by atoms with Crippen LogP contribution < -0.4 is 0 Å². The van der Waals surface area contributed by atoms with Crippen molar-refractivity contribution in [1.29, 1.82) is 0 Å². The maximum Gasteiger partial charge on any atom is 0.0581 e. The topological polar surface area (TPSA) is 9.23 Å². The molecular weight excluding hydrogens is 124 g/mol. The van der Waals surface area contributed by atoms with Gasteiger partial charge in [-0.05, 0) is 24.7 Å². The highest BCUT2D eigenvalue weighted by molar-refractivity contribution is 4.72. The Kier molecular flexibility index (Phi) is 2.35. The van der Waals surface area contributed by atoms with Crippen molar-refractivity contribution in [2.75, 3.05) is 6.61 Å². The molecule has 1 rings (SSSR count). The van der Waals surface area contributed by atoms with E-state index in [1.807, 2.05) is 0 Å². The van der Waals surface area contributed by atoms with Crippen LogP contribution in [0.3, 0.4) is 0 Å². The van der Waals surface area contributed by atoms with E-state index in [4.69, 9.17) is 4.74 Å². The molecule has 0 radical (unpaired) electrons. The van der Waals surface area contributed by atoms with Crippen molar-refractivity contribution in [2.45, 2.75) is 46.1 Å². The third kappa shape index (κ3) is 2.70. The lowest BCUT2D eigenvalue weighted by Gasteiger charge is -2.21. The van der Waals surface area contributed by atoms with Crippen molar-refractivity contribution in [3.05, 3.63) is 0 Å². The highest BCUT2D eigenvalue weighted by Crippen LogP contribution is 2.27. The Balaban J connectivity index is 2.24. The minimum atomic E-state index is 0.439. The van der Waals surface area contributed by atoms with Crippen molar-refractivity contribution in [2.24, 2.45) is 5.41 Å². The summed E-state index contributed by atoms with van der Waals surface area (Å²) in [6.45, 7) is 7.80. The number of rotatable bonds is 1. The van der Waals surface area contributed by atoms with Gasteiger partial charge >= 0.3 is 0 Å². The molecule has 1 atom stereocenters. The molecule has 0 saturated carbocycles. The van der Waals surface area contributed by atoms with Gasteiger partial charge in [0.05, 0.1) is 6.10 Å². The smallest absolute Gasteiger partial charge is 0.0581 e. The van der Waals surface area contributed by atoms with E-state index in [1.165, 1.54) is 19.3 Å². The average Bonchev–Trinajstić information content (AvgIpc) is 2.12. The van der Waals surface area contributed by atoms with Gasteiger partial charge in [0, 0.05) is 6.61 Å². The molecule has 0 aromatic rings. The van der Waals surface area contributed by atoms with Crippen molar-refractivity contribution in [1.82, 2.24) is 0 Å². The standard InChI is InChI=1S/C9H18O/c1-9(2,3)7-8-5-4-6-10-8/h8H,4-7H2,1-3H3/t8-/m0/s1. The van der Waals surface area contributed by atoms with E-state index >= 15 is 0 Å². The largest absolute Gasteiger partial charge is 0.378 e. The minimum Gasteiger partial charge on any atom is -0.378 e. The van der Waals surface area contributed by atoms with Crippen LogP contribution in [-0.4, -0.2) is 12.7 Å². The molecule has 0 aromatic heterocycles. The van der Waals surface area contributed by atoms with Crippen LogP contribution in [0.25, 0.3) is 0 Å². The van der Waals surface area contributed by atoms with Gasteiger partial charge in [-0.15, -0.1) is 0 Å². The Morgan fingerprint density at radius 3 is 2.50 bits per heavy atom. The summed E-state index contributed by atoms with van der Waals surface area (Å²) in [6, 6.07) is 0. The highest BCUT2D eigenvalue weighted by atomic mass is 16.5. The van der Waals surface area contributed by atoms with Crippen molar-refractivity contribution >= 4 is 0 Å². The zero-order chi connectivity index (χ0) is 7.61. The fraction of sp³-hybridized carbons (Fsp3) is 1.00. The normalized spacial score (nSPS) is 27.3. The van der Waals surface area contributed by atoms with Gasteiger partial charge in [0.1, 0.15) is 0 Å². The summed E-state index contributed by atoms with van der Waals surface area (Å²) in [5, 5.41) is 0. The second kappa shape index (κ2) is 2.91. The first kappa shape index (κ1) is 8.06. The van der Waals surface area contributed by atoms with Crippen LogP contribution in [0.5, 0.6) is 0 Å². The quantitative estimate of drug-likeness (QED) is 0.547. The Labute approximate surface area is 63.8 Å². The zero-order valence-corrected chi connectivity index (χ0v) is 7.31. The Bertz CT molecular complexity index is 95.8. The summed E-state index contributed by atoms with van der Waals surface area (Å²) in [6.07, 6.45) is 4.31. The van der Waals surface area contributed by atoms with Crippen molar-refractivity contribution in [3.63, 3.8) is 0 Å². The maximum absolute atomic E-state index is 5.53. The van der Waals surface area contributed by atoms with Gasteiger partial charge in [-0.3, -0.25) is 0 Å². The van der Waals surface area contributed by atoms with Gasteiger partial charge in [-0.2, -0.15) is 0 Å². The molecular formula is C9H18O. The van der Waals surface area contributed by atoms with Crippen LogP contribution in [-0.2, 0) is 4.74 Å². The van der Waals surface area contributed by atoms with Gasteiger partial charge in [-0.25, -0.2) is 0 Å². The van der Waals surface area contributed by atoms with Gasteiger partial charge in [-0.1, -0.05) is 20.8 Å². The average molecular weight is 142 g/mol. The fourth-order valence-corrected chi connectivity index (χ4v) is 1.49. The Hall–Kier alpha value is -0.0400. The first-order chi connectivity index (χ1) is 4.58. The van der Waals surface area contributed by atoms with Crippen LogP contribution in [0.1, 0.15) is 40.0 Å². The van der Waals surface area contributed by atoms with E-state index in [0.717, 1.165) is 6.61 Å². The predicted octanol–water partition coefficient (Wildman–Crippen LogP) is 2.60. The third-order valence-electron chi connectivity index (χ3n) is 1.86. The Morgan fingerprint density at radius 2 is 2.10 bits per heavy atom. The SMILES string of the molecule is CC(C)(C)C[C@@H]1CCCO1. The van der Waals surface area contributed by atoms with E-state index in [9.17, 15) is 0 Å². The molecule has 0 unspecified atom stereocenters. The molecule has 10 heavy (non-hydrogen) atoms.